The van der Waals surface area contributed by atoms with Crippen LogP contribution in [0.1, 0.15) is 44.4 Å². The molecule has 1 fully saturated rings. The summed E-state index contributed by atoms with van der Waals surface area (Å²) in [5.41, 5.74) is 7.20. The van der Waals surface area contributed by atoms with E-state index in [1.807, 2.05) is 12.1 Å². The van der Waals surface area contributed by atoms with E-state index >= 15 is 0 Å². The maximum Gasteiger partial charge on any atom is 0.116 e. The third kappa shape index (κ3) is 5.31. The number of rotatable bonds is 6. The summed E-state index contributed by atoms with van der Waals surface area (Å²) >= 11 is 0. The summed E-state index contributed by atoms with van der Waals surface area (Å²) in [5.74, 6) is 0.620. The molecular formula is C30H36N2O. The Morgan fingerprint density at radius 3 is 1.91 bits per heavy atom. The molecule has 33 heavy (non-hydrogen) atoms. The molecule has 0 unspecified atom stereocenters. The Hall–Kier alpha value is -3.04. The zero-order chi connectivity index (χ0) is 23.4. The van der Waals surface area contributed by atoms with Gasteiger partial charge in [0.1, 0.15) is 5.75 Å². The van der Waals surface area contributed by atoms with E-state index in [0.717, 1.165) is 31.7 Å². The van der Waals surface area contributed by atoms with Gasteiger partial charge in [-0.25, -0.2) is 0 Å². The molecule has 0 amide bonds. The molecule has 4 rings (SSSR count). The van der Waals surface area contributed by atoms with Gasteiger partial charge in [0.15, 0.2) is 0 Å². The predicted molar refractivity (Wildman–Crippen MR) is 141 cm³/mol. The highest BCUT2D eigenvalue weighted by Gasteiger charge is 2.20. The topological polar surface area (TPSA) is 26.7 Å². The summed E-state index contributed by atoms with van der Waals surface area (Å²) in [6.07, 6.45) is 0. The van der Waals surface area contributed by atoms with Crippen molar-refractivity contribution in [1.29, 1.82) is 0 Å². The van der Waals surface area contributed by atoms with Crippen molar-refractivity contribution in [3.63, 3.8) is 0 Å². The fourth-order valence-corrected chi connectivity index (χ4v) is 4.86. The average molecular weight is 441 g/mol. The van der Waals surface area contributed by atoms with Gasteiger partial charge in [0, 0.05) is 37.9 Å². The van der Waals surface area contributed by atoms with E-state index in [-0.39, 0.29) is 0 Å². The van der Waals surface area contributed by atoms with Crippen molar-refractivity contribution in [1.82, 2.24) is 4.90 Å². The van der Waals surface area contributed by atoms with Gasteiger partial charge in [-0.1, -0.05) is 68.4 Å². The van der Waals surface area contributed by atoms with Crippen molar-refractivity contribution in [2.24, 2.45) is 5.92 Å². The standard InChI is InChI=1S/C30H36N2O/c1-22(2)29(24-9-6-5-7-10-24)30(26-11-8-12-28(33)21-26)25-13-15-27(16-14-25)32-19-17-31(18-20-32)23(3)4/h5-16,21-23,33H,17-20H2,1-4H3/b30-29+. The lowest BCUT2D eigenvalue weighted by atomic mass is 9.84. The number of phenols is 1. The van der Waals surface area contributed by atoms with Crippen LogP contribution in [0.2, 0.25) is 0 Å². The Morgan fingerprint density at radius 1 is 0.697 bits per heavy atom. The van der Waals surface area contributed by atoms with Crippen LogP contribution < -0.4 is 4.90 Å². The van der Waals surface area contributed by atoms with E-state index in [0.29, 0.717) is 17.7 Å². The Kier molecular flexibility index (Phi) is 7.20. The van der Waals surface area contributed by atoms with Gasteiger partial charge in [-0.2, -0.15) is 0 Å². The second-order valence-corrected chi connectivity index (χ2v) is 9.52. The van der Waals surface area contributed by atoms with Crippen LogP contribution in [0.5, 0.6) is 5.75 Å². The van der Waals surface area contributed by atoms with E-state index in [9.17, 15) is 5.11 Å². The first-order valence-electron chi connectivity index (χ1n) is 12.1. The minimum Gasteiger partial charge on any atom is -0.508 e. The highest BCUT2D eigenvalue weighted by molar-refractivity contribution is 5.99. The molecule has 0 spiro atoms. The summed E-state index contributed by atoms with van der Waals surface area (Å²) in [6.45, 7) is 13.4. The number of phenolic OH excluding ortho intramolecular Hbond substituents is 1. The number of benzene rings is 3. The van der Waals surface area contributed by atoms with Gasteiger partial charge in [0.25, 0.3) is 0 Å². The number of hydrogen-bond donors (Lipinski definition) is 1. The molecule has 1 aliphatic rings. The molecule has 0 atom stereocenters. The highest BCUT2D eigenvalue weighted by Crippen LogP contribution is 2.38. The first-order valence-corrected chi connectivity index (χ1v) is 12.1. The number of nitrogens with zero attached hydrogens (tertiary/aromatic N) is 2. The molecule has 1 heterocycles. The van der Waals surface area contributed by atoms with Crippen molar-refractivity contribution >= 4 is 16.8 Å². The van der Waals surface area contributed by atoms with Gasteiger partial charge in [-0.05, 0) is 71.9 Å². The number of aromatic hydroxyl groups is 1. The number of allylic oxidation sites excluding steroid dienone is 1. The molecule has 0 saturated carbocycles. The first-order chi connectivity index (χ1) is 15.9. The summed E-state index contributed by atoms with van der Waals surface area (Å²) < 4.78 is 0. The Bertz CT molecular complexity index is 1080. The van der Waals surface area contributed by atoms with Crippen LogP contribution in [0.25, 0.3) is 11.1 Å². The SMILES string of the molecule is CC(C)/C(=C(/c1ccc(N2CCN(C(C)C)CC2)cc1)c1cccc(O)c1)c1ccccc1. The number of hydrogen-bond acceptors (Lipinski definition) is 3. The van der Waals surface area contributed by atoms with Crippen molar-refractivity contribution in [3.8, 4) is 5.75 Å². The molecule has 1 N–H and O–H groups in total. The van der Waals surface area contributed by atoms with Crippen LogP contribution in [-0.2, 0) is 0 Å². The minimum atomic E-state index is 0.292. The molecule has 3 aromatic carbocycles. The number of piperazine rings is 1. The normalized spacial score (nSPS) is 15.8. The largest absolute Gasteiger partial charge is 0.508 e. The van der Waals surface area contributed by atoms with Crippen LogP contribution >= 0.6 is 0 Å². The van der Waals surface area contributed by atoms with Gasteiger partial charge < -0.3 is 10.0 Å². The van der Waals surface area contributed by atoms with Crippen molar-refractivity contribution in [3.05, 3.63) is 95.6 Å². The minimum absolute atomic E-state index is 0.292. The Labute approximate surface area is 199 Å². The molecule has 172 valence electrons. The van der Waals surface area contributed by atoms with Crippen LogP contribution in [-0.4, -0.2) is 42.2 Å². The van der Waals surface area contributed by atoms with E-state index in [2.05, 4.69) is 98.2 Å². The van der Waals surface area contributed by atoms with E-state index in [1.54, 1.807) is 6.07 Å². The van der Waals surface area contributed by atoms with Gasteiger partial charge in [-0.15, -0.1) is 0 Å². The summed E-state index contributed by atoms with van der Waals surface area (Å²) in [7, 11) is 0. The maximum atomic E-state index is 10.2. The molecule has 3 nitrogen and oxygen atoms in total. The summed E-state index contributed by atoms with van der Waals surface area (Å²) in [5, 5.41) is 10.2. The predicted octanol–water partition coefficient (Wildman–Crippen LogP) is 6.54. The molecular weight excluding hydrogens is 404 g/mol. The zero-order valence-electron chi connectivity index (χ0n) is 20.3. The lowest BCUT2D eigenvalue weighted by Crippen LogP contribution is -2.48. The molecule has 1 aliphatic heterocycles. The maximum absolute atomic E-state index is 10.2. The van der Waals surface area contributed by atoms with Gasteiger partial charge in [-0.3, -0.25) is 4.90 Å². The Balaban J connectivity index is 1.74. The second-order valence-electron chi connectivity index (χ2n) is 9.52. The fourth-order valence-electron chi connectivity index (χ4n) is 4.86. The van der Waals surface area contributed by atoms with E-state index in [4.69, 9.17) is 0 Å². The monoisotopic (exact) mass is 440 g/mol. The van der Waals surface area contributed by atoms with Crippen molar-refractivity contribution in [2.45, 2.75) is 33.7 Å². The molecule has 0 aliphatic carbocycles. The quantitative estimate of drug-likeness (QED) is 0.441. The van der Waals surface area contributed by atoms with Crippen LogP contribution in [0.4, 0.5) is 5.69 Å². The molecule has 0 bridgehead atoms. The lowest BCUT2D eigenvalue weighted by molar-refractivity contribution is 0.209. The first kappa shape index (κ1) is 23.1. The van der Waals surface area contributed by atoms with E-state index in [1.165, 1.54) is 28.0 Å². The van der Waals surface area contributed by atoms with Crippen LogP contribution in [0.15, 0.2) is 78.9 Å². The van der Waals surface area contributed by atoms with Crippen molar-refractivity contribution < 1.29 is 5.11 Å². The second kappa shape index (κ2) is 10.3. The van der Waals surface area contributed by atoms with Gasteiger partial charge in [0.05, 0.1) is 0 Å². The number of anilines is 1. The van der Waals surface area contributed by atoms with Gasteiger partial charge >= 0.3 is 0 Å². The molecule has 1 saturated heterocycles. The Morgan fingerprint density at radius 2 is 1.33 bits per heavy atom. The van der Waals surface area contributed by atoms with E-state index < -0.39 is 0 Å². The van der Waals surface area contributed by atoms with Gasteiger partial charge in [0.2, 0.25) is 0 Å². The fraction of sp³-hybridized carbons (Fsp3) is 0.333. The molecule has 0 radical (unpaired) electrons. The summed E-state index contributed by atoms with van der Waals surface area (Å²) in [4.78, 5) is 5.03. The molecule has 3 heteroatoms. The third-order valence-electron chi connectivity index (χ3n) is 6.63. The highest BCUT2D eigenvalue weighted by atomic mass is 16.3. The molecule has 3 aromatic rings. The van der Waals surface area contributed by atoms with Crippen molar-refractivity contribution in [2.75, 3.05) is 31.1 Å². The molecule has 0 aromatic heterocycles. The van der Waals surface area contributed by atoms with Crippen LogP contribution in [0.3, 0.4) is 0 Å². The smallest absolute Gasteiger partial charge is 0.116 e. The van der Waals surface area contributed by atoms with Crippen LogP contribution in [0, 0.1) is 5.92 Å². The zero-order valence-corrected chi connectivity index (χ0v) is 20.3. The third-order valence-corrected chi connectivity index (χ3v) is 6.63. The lowest BCUT2D eigenvalue weighted by Gasteiger charge is -2.38. The average Bonchev–Trinajstić information content (AvgIpc) is 2.83. The summed E-state index contributed by atoms with van der Waals surface area (Å²) in [6, 6.07) is 27.9.